The monoisotopic (exact) mass is 242 g/mol. The Balaban J connectivity index is 2.44. The van der Waals surface area contributed by atoms with E-state index in [9.17, 15) is 4.79 Å². The van der Waals surface area contributed by atoms with Gasteiger partial charge < -0.3 is 15.3 Å². The molecule has 1 rings (SSSR count). The molecule has 100 valence electrons. The van der Waals surface area contributed by atoms with E-state index in [1.54, 1.807) is 7.05 Å². The van der Waals surface area contributed by atoms with E-state index < -0.39 is 12.0 Å². The van der Waals surface area contributed by atoms with Gasteiger partial charge in [0.2, 0.25) is 0 Å². The van der Waals surface area contributed by atoms with Crippen LogP contribution in [0.2, 0.25) is 0 Å². The number of hydrogen-bond acceptors (Lipinski definition) is 3. The fourth-order valence-electron chi connectivity index (χ4n) is 2.72. The molecule has 1 fully saturated rings. The molecule has 0 aliphatic carbocycles. The minimum atomic E-state index is -0.754. The minimum Gasteiger partial charge on any atom is -0.480 e. The van der Waals surface area contributed by atoms with Gasteiger partial charge in [-0.3, -0.25) is 4.79 Å². The molecule has 0 bridgehead atoms. The second-order valence-corrected chi connectivity index (χ2v) is 5.19. The van der Waals surface area contributed by atoms with Crippen molar-refractivity contribution in [3.8, 4) is 0 Å². The molecule has 1 heterocycles. The highest BCUT2D eigenvalue weighted by molar-refractivity contribution is 5.73. The Morgan fingerprint density at radius 3 is 2.24 bits per heavy atom. The summed E-state index contributed by atoms with van der Waals surface area (Å²) in [6.07, 6.45) is 4.89. The van der Waals surface area contributed by atoms with Gasteiger partial charge in [-0.05, 0) is 38.4 Å². The van der Waals surface area contributed by atoms with E-state index in [2.05, 4.69) is 24.1 Å². The standard InChI is InChI=1S/C13H26N2O2/c1-4-13(5-2)6-8-15(9-7-13)10-11(14-3)12(16)17/h11,14H,4-10H2,1-3H3,(H,16,17). The van der Waals surface area contributed by atoms with E-state index in [0.29, 0.717) is 12.0 Å². The van der Waals surface area contributed by atoms with Crippen molar-refractivity contribution in [1.82, 2.24) is 10.2 Å². The van der Waals surface area contributed by atoms with Crippen LogP contribution in [0, 0.1) is 5.41 Å². The van der Waals surface area contributed by atoms with Gasteiger partial charge in [0.25, 0.3) is 0 Å². The lowest BCUT2D eigenvalue weighted by atomic mass is 9.74. The lowest BCUT2D eigenvalue weighted by molar-refractivity contribution is -0.140. The number of carboxylic acids is 1. The highest BCUT2D eigenvalue weighted by Gasteiger charge is 2.32. The van der Waals surface area contributed by atoms with E-state index in [4.69, 9.17) is 5.11 Å². The van der Waals surface area contributed by atoms with Crippen LogP contribution in [-0.4, -0.2) is 48.7 Å². The Labute approximate surface area is 104 Å². The summed E-state index contributed by atoms with van der Waals surface area (Å²) < 4.78 is 0. The van der Waals surface area contributed by atoms with Crippen LogP contribution in [0.5, 0.6) is 0 Å². The molecule has 4 heteroatoms. The summed E-state index contributed by atoms with van der Waals surface area (Å²) in [5.74, 6) is -0.754. The number of likely N-dealkylation sites (tertiary alicyclic amines) is 1. The number of piperidine rings is 1. The third-order valence-corrected chi connectivity index (χ3v) is 4.50. The molecule has 1 atom stereocenters. The first-order valence-electron chi connectivity index (χ1n) is 6.69. The van der Waals surface area contributed by atoms with Crippen LogP contribution >= 0.6 is 0 Å². The summed E-state index contributed by atoms with van der Waals surface area (Å²) in [5, 5.41) is 11.9. The Bertz CT molecular complexity index is 242. The molecule has 1 aliphatic heterocycles. The lowest BCUT2D eigenvalue weighted by Crippen LogP contribution is -2.48. The maximum Gasteiger partial charge on any atom is 0.322 e. The van der Waals surface area contributed by atoms with E-state index in [1.807, 2.05) is 0 Å². The molecule has 0 amide bonds. The smallest absolute Gasteiger partial charge is 0.322 e. The number of rotatable bonds is 6. The Hall–Kier alpha value is -0.610. The molecule has 0 radical (unpaired) electrons. The van der Waals surface area contributed by atoms with Crippen molar-refractivity contribution in [3.63, 3.8) is 0 Å². The van der Waals surface area contributed by atoms with Crippen molar-refractivity contribution in [2.45, 2.75) is 45.6 Å². The van der Waals surface area contributed by atoms with Crippen LogP contribution in [0.15, 0.2) is 0 Å². The van der Waals surface area contributed by atoms with Crippen molar-refractivity contribution in [1.29, 1.82) is 0 Å². The van der Waals surface area contributed by atoms with Gasteiger partial charge in [-0.25, -0.2) is 0 Å². The largest absolute Gasteiger partial charge is 0.480 e. The van der Waals surface area contributed by atoms with Gasteiger partial charge in [0.1, 0.15) is 6.04 Å². The second kappa shape index (κ2) is 6.36. The number of carbonyl (C=O) groups is 1. The predicted octanol–water partition coefficient (Wildman–Crippen LogP) is 1.56. The normalized spacial score (nSPS) is 22.3. The fraction of sp³-hybridized carbons (Fsp3) is 0.923. The van der Waals surface area contributed by atoms with Crippen LogP contribution in [0.25, 0.3) is 0 Å². The summed E-state index contributed by atoms with van der Waals surface area (Å²) in [7, 11) is 1.71. The lowest BCUT2D eigenvalue weighted by Gasteiger charge is -2.41. The first kappa shape index (κ1) is 14.5. The molecule has 0 spiro atoms. The zero-order valence-electron chi connectivity index (χ0n) is 11.3. The quantitative estimate of drug-likeness (QED) is 0.742. The summed E-state index contributed by atoms with van der Waals surface area (Å²) in [6.45, 7) is 7.23. The Morgan fingerprint density at radius 2 is 1.88 bits per heavy atom. The molecule has 0 aromatic carbocycles. The van der Waals surface area contributed by atoms with Crippen LogP contribution in [0.3, 0.4) is 0 Å². The number of carboxylic acid groups (broad SMARTS) is 1. The average Bonchev–Trinajstić information content (AvgIpc) is 2.36. The number of aliphatic carboxylic acids is 1. The first-order chi connectivity index (χ1) is 8.06. The average molecular weight is 242 g/mol. The number of nitrogens with zero attached hydrogens (tertiary/aromatic N) is 1. The van der Waals surface area contributed by atoms with Crippen molar-refractivity contribution in [3.05, 3.63) is 0 Å². The third kappa shape index (κ3) is 3.68. The van der Waals surface area contributed by atoms with Crippen molar-refractivity contribution < 1.29 is 9.90 Å². The second-order valence-electron chi connectivity index (χ2n) is 5.19. The molecule has 1 aliphatic rings. The number of nitrogens with one attached hydrogen (secondary N) is 1. The number of hydrogen-bond donors (Lipinski definition) is 2. The van der Waals surface area contributed by atoms with Crippen LogP contribution in [-0.2, 0) is 4.79 Å². The maximum atomic E-state index is 11.0. The molecule has 1 unspecified atom stereocenters. The van der Waals surface area contributed by atoms with Crippen molar-refractivity contribution >= 4 is 5.97 Å². The predicted molar refractivity (Wildman–Crippen MR) is 69.2 cm³/mol. The third-order valence-electron chi connectivity index (χ3n) is 4.50. The minimum absolute atomic E-state index is 0.439. The maximum absolute atomic E-state index is 11.0. The number of likely N-dealkylation sites (N-methyl/N-ethyl adjacent to an activating group) is 1. The van der Waals surface area contributed by atoms with E-state index >= 15 is 0 Å². The molecule has 0 aromatic heterocycles. The van der Waals surface area contributed by atoms with Crippen LogP contribution in [0.4, 0.5) is 0 Å². The molecular formula is C13H26N2O2. The molecular weight excluding hydrogens is 216 g/mol. The topological polar surface area (TPSA) is 52.6 Å². The van der Waals surface area contributed by atoms with Gasteiger partial charge in [0.15, 0.2) is 0 Å². The molecule has 2 N–H and O–H groups in total. The molecule has 0 aromatic rings. The molecule has 1 saturated heterocycles. The summed E-state index contributed by atoms with van der Waals surface area (Å²) in [4.78, 5) is 13.2. The van der Waals surface area contributed by atoms with Gasteiger partial charge >= 0.3 is 5.97 Å². The van der Waals surface area contributed by atoms with Gasteiger partial charge in [-0.2, -0.15) is 0 Å². The van der Waals surface area contributed by atoms with Gasteiger partial charge in [0, 0.05) is 6.54 Å². The Kier molecular flexibility index (Phi) is 5.40. The zero-order chi connectivity index (χ0) is 12.9. The first-order valence-corrected chi connectivity index (χ1v) is 6.69. The van der Waals surface area contributed by atoms with Gasteiger partial charge in [-0.15, -0.1) is 0 Å². The van der Waals surface area contributed by atoms with Crippen molar-refractivity contribution in [2.75, 3.05) is 26.7 Å². The SMILES string of the molecule is CCC1(CC)CCN(CC(NC)C(=O)O)CC1. The molecule has 0 saturated carbocycles. The highest BCUT2D eigenvalue weighted by Crippen LogP contribution is 2.37. The fourth-order valence-corrected chi connectivity index (χ4v) is 2.72. The zero-order valence-corrected chi connectivity index (χ0v) is 11.3. The Morgan fingerprint density at radius 1 is 1.35 bits per heavy atom. The van der Waals surface area contributed by atoms with E-state index in [1.165, 1.54) is 25.7 Å². The molecule has 4 nitrogen and oxygen atoms in total. The van der Waals surface area contributed by atoms with E-state index in [-0.39, 0.29) is 0 Å². The van der Waals surface area contributed by atoms with Crippen molar-refractivity contribution in [2.24, 2.45) is 5.41 Å². The van der Waals surface area contributed by atoms with Crippen LogP contribution < -0.4 is 5.32 Å². The van der Waals surface area contributed by atoms with Crippen LogP contribution in [0.1, 0.15) is 39.5 Å². The highest BCUT2D eigenvalue weighted by atomic mass is 16.4. The van der Waals surface area contributed by atoms with E-state index in [0.717, 1.165) is 13.1 Å². The van der Waals surface area contributed by atoms with Gasteiger partial charge in [-0.1, -0.05) is 26.7 Å². The summed E-state index contributed by atoms with van der Waals surface area (Å²) in [5.41, 5.74) is 0.509. The molecule has 17 heavy (non-hydrogen) atoms. The van der Waals surface area contributed by atoms with Gasteiger partial charge in [0.05, 0.1) is 0 Å². The summed E-state index contributed by atoms with van der Waals surface area (Å²) in [6, 6.07) is -0.439. The summed E-state index contributed by atoms with van der Waals surface area (Å²) >= 11 is 0.